The van der Waals surface area contributed by atoms with Gasteiger partial charge < -0.3 is 5.32 Å². The van der Waals surface area contributed by atoms with E-state index in [1.807, 2.05) is 6.92 Å². The van der Waals surface area contributed by atoms with Gasteiger partial charge in [0.1, 0.15) is 11.6 Å². The number of halogens is 2. The third-order valence-corrected chi connectivity index (χ3v) is 4.21. The Kier molecular flexibility index (Phi) is 4.24. The van der Waals surface area contributed by atoms with Crippen LogP contribution in [0.15, 0.2) is 18.2 Å². The van der Waals surface area contributed by atoms with Gasteiger partial charge in [0.15, 0.2) is 0 Å². The van der Waals surface area contributed by atoms with Crippen LogP contribution in [0.1, 0.15) is 58.1 Å². The monoisotopic (exact) mass is 267 g/mol. The lowest BCUT2D eigenvalue weighted by Gasteiger charge is -2.36. The Labute approximate surface area is 114 Å². The van der Waals surface area contributed by atoms with Crippen LogP contribution in [0.3, 0.4) is 0 Å². The Hall–Kier alpha value is -0.960. The molecular weight excluding hydrogens is 244 g/mol. The second-order valence-corrected chi connectivity index (χ2v) is 6.53. The minimum absolute atomic E-state index is 0.0172. The molecule has 1 aliphatic carbocycles. The van der Waals surface area contributed by atoms with E-state index in [-0.39, 0.29) is 6.04 Å². The molecule has 0 heterocycles. The molecule has 106 valence electrons. The molecule has 19 heavy (non-hydrogen) atoms. The minimum atomic E-state index is -0.506. The number of benzene rings is 1. The molecule has 0 amide bonds. The molecule has 1 aliphatic rings. The summed E-state index contributed by atoms with van der Waals surface area (Å²) in [6.07, 6.45) is 4.67. The highest BCUT2D eigenvalue weighted by Crippen LogP contribution is 2.35. The molecule has 0 bridgehead atoms. The minimum Gasteiger partial charge on any atom is -0.307 e. The van der Waals surface area contributed by atoms with Gasteiger partial charge in [-0.05, 0) is 55.7 Å². The normalized spacial score (nSPS) is 21.3. The van der Waals surface area contributed by atoms with Gasteiger partial charge in [-0.1, -0.05) is 13.8 Å². The van der Waals surface area contributed by atoms with Crippen LogP contribution in [0.5, 0.6) is 0 Å². The van der Waals surface area contributed by atoms with Crippen molar-refractivity contribution in [3.63, 3.8) is 0 Å². The van der Waals surface area contributed by atoms with Crippen molar-refractivity contribution in [3.05, 3.63) is 35.4 Å². The Morgan fingerprint density at radius 1 is 1.11 bits per heavy atom. The van der Waals surface area contributed by atoms with Gasteiger partial charge in [0.25, 0.3) is 0 Å². The second-order valence-electron chi connectivity index (χ2n) is 6.53. The van der Waals surface area contributed by atoms with Crippen molar-refractivity contribution >= 4 is 0 Å². The number of hydrogen-bond acceptors (Lipinski definition) is 1. The van der Waals surface area contributed by atoms with Crippen molar-refractivity contribution in [2.75, 3.05) is 0 Å². The van der Waals surface area contributed by atoms with Gasteiger partial charge in [0, 0.05) is 18.2 Å². The fourth-order valence-corrected chi connectivity index (χ4v) is 2.84. The average molecular weight is 267 g/mol. The Morgan fingerprint density at radius 2 is 1.63 bits per heavy atom. The Morgan fingerprint density at radius 3 is 2.16 bits per heavy atom. The van der Waals surface area contributed by atoms with Crippen LogP contribution < -0.4 is 5.32 Å². The van der Waals surface area contributed by atoms with E-state index in [0.29, 0.717) is 17.0 Å². The van der Waals surface area contributed by atoms with E-state index in [0.717, 1.165) is 18.9 Å². The molecule has 1 N–H and O–H groups in total. The molecule has 0 aliphatic heterocycles. The molecule has 1 fully saturated rings. The van der Waals surface area contributed by atoms with Gasteiger partial charge in [-0.2, -0.15) is 0 Å². The molecule has 3 heteroatoms. The molecule has 0 spiro atoms. The van der Waals surface area contributed by atoms with Crippen LogP contribution in [0, 0.1) is 17.0 Å². The zero-order chi connectivity index (χ0) is 14.0. The van der Waals surface area contributed by atoms with Crippen LogP contribution in [-0.4, -0.2) is 6.04 Å². The zero-order valence-electron chi connectivity index (χ0n) is 12.0. The molecule has 1 nitrogen and oxygen atoms in total. The largest absolute Gasteiger partial charge is 0.307 e. The first-order chi connectivity index (χ1) is 8.85. The molecular formula is C16H23F2N. The lowest BCUT2D eigenvalue weighted by Crippen LogP contribution is -2.37. The molecule has 1 aromatic carbocycles. The van der Waals surface area contributed by atoms with E-state index in [1.165, 1.54) is 25.0 Å². The molecule has 1 saturated carbocycles. The second kappa shape index (κ2) is 5.58. The SMILES string of the molecule is CC(NC1CCC(C)(C)CC1)c1cc(F)cc(F)c1. The van der Waals surface area contributed by atoms with E-state index in [9.17, 15) is 8.78 Å². The van der Waals surface area contributed by atoms with Gasteiger partial charge in [-0.3, -0.25) is 0 Å². The van der Waals surface area contributed by atoms with Crippen LogP contribution in [0.25, 0.3) is 0 Å². The molecule has 1 aromatic rings. The third-order valence-electron chi connectivity index (χ3n) is 4.21. The summed E-state index contributed by atoms with van der Waals surface area (Å²) >= 11 is 0. The first-order valence-corrected chi connectivity index (χ1v) is 7.08. The van der Waals surface area contributed by atoms with E-state index >= 15 is 0 Å². The molecule has 1 unspecified atom stereocenters. The smallest absolute Gasteiger partial charge is 0.126 e. The summed E-state index contributed by atoms with van der Waals surface area (Å²) in [7, 11) is 0. The summed E-state index contributed by atoms with van der Waals surface area (Å²) in [4.78, 5) is 0. The van der Waals surface area contributed by atoms with Gasteiger partial charge in [0.2, 0.25) is 0 Å². The quantitative estimate of drug-likeness (QED) is 0.845. The molecule has 0 radical (unpaired) electrons. The fraction of sp³-hybridized carbons (Fsp3) is 0.625. The maximum atomic E-state index is 13.2. The summed E-state index contributed by atoms with van der Waals surface area (Å²) in [6, 6.07) is 4.17. The maximum absolute atomic E-state index is 13.2. The zero-order valence-corrected chi connectivity index (χ0v) is 12.0. The highest BCUT2D eigenvalue weighted by atomic mass is 19.1. The van der Waals surface area contributed by atoms with E-state index in [1.54, 1.807) is 0 Å². The summed E-state index contributed by atoms with van der Waals surface area (Å²) in [5.41, 5.74) is 1.12. The number of hydrogen-bond donors (Lipinski definition) is 1. The van der Waals surface area contributed by atoms with Crippen molar-refractivity contribution in [2.45, 2.75) is 58.5 Å². The van der Waals surface area contributed by atoms with Crippen molar-refractivity contribution < 1.29 is 8.78 Å². The summed E-state index contributed by atoms with van der Waals surface area (Å²) in [5, 5.41) is 3.49. The highest BCUT2D eigenvalue weighted by Gasteiger charge is 2.27. The summed E-state index contributed by atoms with van der Waals surface area (Å²) < 4.78 is 26.4. The number of rotatable bonds is 3. The molecule has 1 atom stereocenters. The predicted octanol–water partition coefficient (Wildman–Crippen LogP) is 4.58. The van der Waals surface area contributed by atoms with Gasteiger partial charge in [-0.15, -0.1) is 0 Å². The van der Waals surface area contributed by atoms with Crippen molar-refractivity contribution in [3.8, 4) is 0 Å². The Balaban J connectivity index is 1.96. The molecule has 2 rings (SSSR count). The van der Waals surface area contributed by atoms with E-state index in [2.05, 4.69) is 19.2 Å². The Bertz CT molecular complexity index is 412. The van der Waals surface area contributed by atoms with Gasteiger partial charge >= 0.3 is 0 Å². The van der Waals surface area contributed by atoms with Crippen LogP contribution in [0.4, 0.5) is 8.78 Å². The van der Waals surface area contributed by atoms with Crippen molar-refractivity contribution in [2.24, 2.45) is 5.41 Å². The standard InChI is InChI=1S/C16H23F2N/c1-11(12-8-13(17)10-14(18)9-12)19-15-4-6-16(2,3)7-5-15/h8-11,15,19H,4-7H2,1-3H3. The maximum Gasteiger partial charge on any atom is 0.126 e. The topological polar surface area (TPSA) is 12.0 Å². The first-order valence-electron chi connectivity index (χ1n) is 7.08. The van der Waals surface area contributed by atoms with Crippen LogP contribution >= 0.6 is 0 Å². The highest BCUT2D eigenvalue weighted by molar-refractivity contribution is 5.21. The molecule has 0 saturated heterocycles. The van der Waals surface area contributed by atoms with Gasteiger partial charge in [0.05, 0.1) is 0 Å². The lowest BCUT2D eigenvalue weighted by molar-refractivity contribution is 0.200. The molecule has 0 aromatic heterocycles. The predicted molar refractivity (Wildman–Crippen MR) is 73.9 cm³/mol. The number of nitrogens with one attached hydrogen (secondary N) is 1. The summed E-state index contributed by atoms with van der Waals surface area (Å²) in [5.74, 6) is -1.01. The van der Waals surface area contributed by atoms with Crippen molar-refractivity contribution in [1.82, 2.24) is 5.32 Å². The van der Waals surface area contributed by atoms with Crippen LogP contribution in [-0.2, 0) is 0 Å². The summed E-state index contributed by atoms with van der Waals surface area (Å²) in [6.45, 7) is 6.57. The first kappa shape index (κ1) is 14.4. The third kappa shape index (κ3) is 4.00. The average Bonchev–Trinajstić information content (AvgIpc) is 2.30. The van der Waals surface area contributed by atoms with E-state index in [4.69, 9.17) is 0 Å². The van der Waals surface area contributed by atoms with Crippen molar-refractivity contribution in [1.29, 1.82) is 0 Å². The van der Waals surface area contributed by atoms with E-state index < -0.39 is 11.6 Å². The lowest BCUT2D eigenvalue weighted by atomic mass is 9.75. The van der Waals surface area contributed by atoms with Crippen LogP contribution in [0.2, 0.25) is 0 Å². The van der Waals surface area contributed by atoms with Gasteiger partial charge in [-0.25, -0.2) is 8.78 Å². The fourth-order valence-electron chi connectivity index (χ4n) is 2.84.